The Bertz CT molecular complexity index is 1170. The smallest absolute Gasteiger partial charge is 0.405 e. The molecule has 1 amide bonds. The minimum absolute atomic E-state index is 0.0442. The molecular formula is C23H23F3N4O4. The van der Waals surface area contributed by atoms with E-state index in [9.17, 15) is 28.2 Å². The highest BCUT2D eigenvalue weighted by Crippen LogP contribution is 2.38. The summed E-state index contributed by atoms with van der Waals surface area (Å²) < 4.78 is 45.0. The zero-order chi connectivity index (χ0) is 24.5. The van der Waals surface area contributed by atoms with Gasteiger partial charge in [-0.15, -0.1) is 13.2 Å². The van der Waals surface area contributed by atoms with Crippen molar-refractivity contribution in [2.45, 2.75) is 25.7 Å². The summed E-state index contributed by atoms with van der Waals surface area (Å²) >= 11 is 0. The van der Waals surface area contributed by atoms with Crippen LogP contribution in [0.25, 0.3) is 11.4 Å². The number of ether oxygens (including phenoxy) is 1. The number of anilines is 1. The van der Waals surface area contributed by atoms with Crippen molar-refractivity contribution in [2.75, 3.05) is 25.1 Å². The zero-order valence-corrected chi connectivity index (χ0v) is 18.2. The molecule has 2 heterocycles. The van der Waals surface area contributed by atoms with Crippen LogP contribution in [0.5, 0.6) is 5.75 Å². The van der Waals surface area contributed by atoms with Gasteiger partial charge in [-0.2, -0.15) is 0 Å². The van der Waals surface area contributed by atoms with E-state index in [1.54, 1.807) is 6.07 Å². The summed E-state index contributed by atoms with van der Waals surface area (Å²) in [7, 11) is 1.53. The van der Waals surface area contributed by atoms with Gasteiger partial charge < -0.3 is 24.4 Å². The van der Waals surface area contributed by atoms with Crippen LogP contribution in [0.1, 0.15) is 22.5 Å². The summed E-state index contributed by atoms with van der Waals surface area (Å²) in [6, 6.07) is 14.7. The van der Waals surface area contributed by atoms with Crippen molar-refractivity contribution in [3.63, 3.8) is 0 Å². The molecule has 2 aromatic carbocycles. The van der Waals surface area contributed by atoms with Crippen LogP contribution < -0.4 is 9.64 Å². The number of rotatable bonds is 7. The average Bonchev–Trinajstić information content (AvgIpc) is 3.17. The fraction of sp³-hybridized carbons (Fsp3) is 0.304. The lowest BCUT2D eigenvalue weighted by Gasteiger charge is -2.38. The topological polar surface area (TPSA) is 91.1 Å². The third kappa shape index (κ3) is 4.57. The minimum Gasteiger partial charge on any atom is -0.405 e. The first-order valence-corrected chi connectivity index (χ1v) is 10.5. The molecule has 1 atom stereocenters. The van der Waals surface area contributed by atoms with E-state index in [2.05, 4.69) is 9.72 Å². The number of imidazole rings is 1. The highest BCUT2D eigenvalue weighted by atomic mass is 19.4. The Hall–Kier alpha value is -3.57. The monoisotopic (exact) mass is 476 g/mol. The fourth-order valence-corrected chi connectivity index (χ4v) is 3.91. The molecule has 4 rings (SSSR count). The number of fused-ring (bicyclic) bond motifs is 1. The van der Waals surface area contributed by atoms with E-state index in [-0.39, 0.29) is 49.0 Å². The van der Waals surface area contributed by atoms with Crippen molar-refractivity contribution in [2.24, 2.45) is 0 Å². The van der Waals surface area contributed by atoms with E-state index in [1.165, 1.54) is 39.6 Å². The molecule has 0 spiro atoms. The Morgan fingerprint density at radius 1 is 1.09 bits per heavy atom. The average molecular weight is 476 g/mol. The molecule has 8 nitrogen and oxygen atoms in total. The first-order valence-electron chi connectivity index (χ1n) is 10.5. The second kappa shape index (κ2) is 9.35. The van der Waals surface area contributed by atoms with Crippen molar-refractivity contribution in [1.29, 1.82) is 0 Å². The molecular weight excluding hydrogens is 453 g/mol. The Morgan fingerprint density at radius 2 is 1.76 bits per heavy atom. The predicted octanol–water partition coefficient (Wildman–Crippen LogP) is 3.05. The zero-order valence-electron chi connectivity index (χ0n) is 18.2. The van der Waals surface area contributed by atoms with Gasteiger partial charge in [-0.1, -0.05) is 42.5 Å². The Morgan fingerprint density at radius 3 is 2.44 bits per heavy atom. The number of aliphatic hydroxyl groups excluding tert-OH is 2. The standard InChI is InChI=1S/C23H23F3N4O4/c1-28-20-18(21(32)29(22(28)33)12-7-13-31)30(14-15-8-3-2-4-9-15)19(27-20)16-10-5-6-11-17(16)34-23(24,25)26/h2-6,8-11,22,31,33H,7,12-14H2,1H3. The number of benzene rings is 2. The van der Waals surface area contributed by atoms with Crippen molar-refractivity contribution in [3.8, 4) is 17.1 Å². The molecule has 1 unspecified atom stereocenters. The molecule has 11 heteroatoms. The van der Waals surface area contributed by atoms with Gasteiger partial charge in [0.1, 0.15) is 11.6 Å². The third-order valence-electron chi connectivity index (χ3n) is 5.47. The summed E-state index contributed by atoms with van der Waals surface area (Å²) in [5.74, 6) is -0.784. The van der Waals surface area contributed by atoms with Crippen LogP contribution in [0.4, 0.5) is 19.0 Å². The van der Waals surface area contributed by atoms with Crippen LogP contribution in [0.2, 0.25) is 0 Å². The number of carbonyl (C=O) groups excluding carboxylic acids is 1. The summed E-state index contributed by atoms with van der Waals surface area (Å²) in [4.78, 5) is 20.5. The number of hydrogen-bond acceptors (Lipinski definition) is 6. The predicted molar refractivity (Wildman–Crippen MR) is 117 cm³/mol. The summed E-state index contributed by atoms with van der Waals surface area (Å²) in [5.41, 5.74) is 0.954. The number of carbonyl (C=O) groups is 1. The molecule has 3 aromatic rings. The number of para-hydroxylation sites is 1. The van der Waals surface area contributed by atoms with Crippen LogP contribution in [0.3, 0.4) is 0 Å². The van der Waals surface area contributed by atoms with Crippen LogP contribution in [0.15, 0.2) is 54.6 Å². The van der Waals surface area contributed by atoms with Gasteiger partial charge >= 0.3 is 6.36 Å². The third-order valence-corrected chi connectivity index (χ3v) is 5.47. The van der Waals surface area contributed by atoms with Gasteiger partial charge in [-0.25, -0.2) is 4.98 Å². The Labute approximate surface area is 193 Å². The molecule has 1 aromatic heterocycles. The van der Waals surface area contributed by atoms with E-state index in [0.717, 1.165) is 5.56 Å². The highest BCUT2D eigenvalue weighted by molar-refractivity contribution is 6.00. The molecule has 1 aliphatic heterocycles. The summed E-state index contributed by atoms with van der Waals surface area (Å²) in [6.07, 6.45) is -6.02. The lowest BCUT2D eigenvalue weighted by atomic mass is 10.1. The van der Waals surface area contributed by atoms with Gasteiger partial charge in [0.05, 0.1) is 5.56 Å². The maximum atomic E-state index is 13.4. The normalized spacial score (nSPS) is 16.1. The number of amides is 1. The molecule has 0 bridgehead atoms. The maximum absolute atomic E-state index is 13.4. The summed E-state index contributed by atoms with van der Waals surface area (Å²) in [6.45, 7) is 0.0477. The molecule has 0 fully saturated rings. The van der Waals surface area contributed by atoms with E-state index < -0.39 is 24.4 Å². The Kier molecular flexibility index (Phi) is 6.49. The molecule has 34 heavy (non-hydrogen) atoms. The van der Waals surface area contributed by atoms with Crippen molar-refractivity contribution >= 4 is 11.7 Å². The minimum atomic E-state index is -4.92. The fourth-order valence-electron chi connectivity index (χ4n) is 3.91. The SMILES string of the molecule is CN1c2nc(-c3ccccc3OC(F)(F)F)n(Cc3ccccc3)c2C(=O)N(CCCO)C1O. The molecule has 180 valence electrons. The number of aliphatic hydroxyl groups is 2. The van der Waals surface area contributed by atoms with Gasteiger partial charge in [0, 0.05) is 26.7 Å². The number of nitrogens with zero attached hydrogens (tertiary/aromatic N) is 4. The van der Waals surface area contributed by atoms with Gasteiger partial charge in [0.25, 0.3) is 5.91 Å². The van der Waals surface area contributed by atoms with Crippen molar-refractivity contribution < 1.29 is 32.9 Å². The number of alkyl halides is 3. The lowest BCUT2D eigenvalue weighted by Crippen LogP contribution is -2.54. The molecule has 0 saturated carbocycles. The van der Waals surface area contributed by atoms with Gasteiger partial charge in [-0.3, -0.25) is 9.69 Å². The number of aromatic nitrogens is 2. The maximum Gasteiger partial charge on any atom is 0.573 e. The quantitative estimate of drug-likeness (QED) is 0.545. The van der Waals surface area contributed by atoms with Gasteiger partial charge in [0.2, 0.25) is 6.35 Å². The van der Waals surface area contributed by atoms with E-state index >= 15 is 0 Å². The first kappa shape index (κ1) is 23.6. The van der Waals surface area contributed by atoms with Crippen LogP contribution in [0, 0.1) is 0 Å². The highest BCUT2D eigenvalue weighted by Gasteiger charge is 2.40. The van der Waals surface area contributed by atoms with Gasteiger partial charge in [-0.05, 0) is 24.1 Å². The van der Waals surface area contributed by atoms with Crippen LogP contribution >= 0.6 is 0 Å². The van der Waals surface area contributed by atoms with E-state index in [1.807, 2.05) is 30.3 Å². The Balaban J connectivity index is 1.90. The molecule has 1 aliphatic rings. The lowest BCUT2D eigenvalue weighted by molar-refractivity contribution is -0.274. The molecule has 0 radical (unpaired) electrons. The number of halogens is 3. The van der Waals surface area contributed by atoms with Gasteiger partial charge in [0.15, 0.2) is 11.5 Å². The summed E-state index contributed by atoms with van der Waals surface area (Å²) in [5, 5.41) is 19.9. The second-order valence-electron chi connectivity index (χ2n) is 7.76. The molecule has 0 aliphatic carbocycles. The first-order chi connectivity index (χ1) is 16.2. The number of hydrogen-bond donors (Lipinski definition) is 2. The van der Waals surface area contributed by atoms with Crippen molar-refractivity contribution in [1.82, 2.24) is 14.5 Å². The molecule has 2 N–H and O–H groups in total. The van der Waals surface area contributed by atoms with Crippen molar-refractivity contribution in [3.05, 3.63) is 65.9 Å². The van der Waals surface area contributed by atoms with E-state index in [4.69, 9.17) is 0 Å². The molecule has 0 saturated heterocycles. The largest absolute Gasteiger partial charge is 0.573 e. The second-order valence-corrected chi connectivity index (χ2v) is 7.76. The van der Waals surface area contributed by atoms with E-state index in [0.29, 0.717) is 0 Å². The van der Waals surface area contributed by atoms with Crippen LogP contribution in [-0.2, 0) is 6.54 Å². The van der Waals surface area contributed by atoms with Crippen LogP contribution in [-0.4, -0.2) is 63.5 Å².